The first-order chi connectivity index (χ1) is 6.31. The first kappa shape index (κ1) is 13.0. The van der Waals surface area contributed by atoms with Gasteiger partial charge in [-0.15, -0.1) is 0 Å². The lowest BCUT2D eigenvalue weighted by Gasteiger charge is -2.01. The molecular weight excluding hydrogens is 160 g/mol. The molecule has 0 N–H and O–H groups in total. The van der Waals surface area contributed by atoms with E-state index in [0.717, 1.165) is 19.1 Å². The van der Waals surface area contributed by atoms with Crippen molar-refractivity contribution in [3.63, 3.8) is 0 Å². The zero-order valence-corrected chi connectivity index (χ0v) is 9.64. The van der Waals surface area contributed by atoms with Crippen LogP contribution in [0.3, 0.4) is 0 Å². The van der Waals surface area contributed by atoms with E-state index in [1.165, 1.54) is 38.5 Å². The molecule has 0 aromatic carbocycles. The summed E-state index contributed by atoms with van der Waals surface area (Å²) in [4.78, 5) is 0. The molecule has 1 aliphatic rings. The quantitative estimate of drug-likeness (QED) is 0.633. The van der Waals surface area contributed by atoms with Gasteiger partial charge in [0, 0.05) is 13.2 Å². The highest BCUT2D eigenvalue weighted by Gasteiger charge is 2.05. The Labute approximate surface area is 83.9 Å². The van der Waals surface area contributed by atoms with Crippen LogP contribution >= 0.6 is 0 Å². The van der Waals surface area contributed by atoms with Crippen LogP contribution in [0.1, 0.15) is 59.3 Å². The molecule has 0 bridgehead atoms. The topological polar surface area (TPSA) is 9.23 Å². The molecule has 1 atom stereocenters. The molecule has 0 amide bonds. The average molecular weight is 186 g/mol. The van der Waals surface area contributed by atoms with Crippen LogP contribution < -0.4 is 0 Å². The van der Waals surface area contributed by atoms with E-state index in [2.05, 4.69) is 20.8 Å². The normalized spacial score (nSPS) is 22.8. The number of hydrogen-bond acceptors (Lipinski definition) is 1. The molecule has 0 radical (unpaired) electrons. The van der Waals surface area contributed by atoms with E-state index < -0.39 is 0 Å². The van der Waals surface area contributed by atoms with E-state index in [1.54, 1.807) is 0 Å². The Morgan fingerprint density at radius 2 is 1.77 bits per heavy atom. The van der Waals surface area contributed by atoms with E-state index in [1.807, 2.05) is 0 Å². The molecule has 1 heteroatoms. The summed E-state index contributed by atoms with van der Waals surface area (Å²) >= 11 is 0. The highest BCUT2D eigenvalue weighted by molar-refractivity contribution is 4.55. The van der Waals surface area contributed by atoms with E-state index in [9.17, 15) is 0 Å². The smallest absolute Gasteiger partial charge is 0.0468 e. The van der Waals surface area contributed by atoms with Crippen molar-refractivity contribution < 1.29 is 4.74 Å². The lowest BCUT2D eigenvalue weighted by molar-refractivity contribution is 0.142. The molecule has 0 aliphatic carbocycles. The van der Waals surface area contributed by atoms with Crippen LogP contribution in [0.15, 0.2) is 0 Å². The van der Waals surface area contributed by atoms with Crippen molar-refractivity contribution in [1.29, 1.82) is 0 Å². The highest BCUT2D eigenvalue weighted by Crippen LogP contribution is 2.13. The van der Waals surface area contributed by atoms with Gasteiger partial charge in [-0.25, -0.2) is 0 Å². The van der Waals surface area contributed by atoms with Crippen LogP contribution in [-0.4, -0.2) is 13.2 Å². The largest absolute Gasteiger partial charge is 0.381 e. The SMILES string of the molecule is CC1CCCOCC1.CCCCC. The maximum Gasteiger partial charge on any atom is 0.0468 e. The highest BCUT2D eigenvalue weighted by atomic mass is 16.5. The van der Waals surface area contributed by atoms with Crippen LogP contribution in [0.5, 0.6) is 0 Å². The Kier molecular flexibility index (Phi) is 10.0. The van der Waals surface area contributed by atoms with Gasteiger partial charge in [0.25, 0.3) is 0 Å². The molecule has 13 heavy (non-hydrogen) atoms. The van der Waals surface area contributed by atoms with Crippen molar-refractivity contribution in [3.8, 4) is 0 Å². The van der Waals surface area contributed by atoms with Gasteiger partial charge < -0.3 is 4.74 Å². The van der Waals surface area contributed by atoms with Crippen LogP contribution in [0.2, 0.25) is 0 Å². The molecule has 1 nitrogen and oxygen atoms in total. The molecule has 1 aliphatic heterocycles. The number of unbranched alkanes of at least 4 members (excludes halogenated alkanes) is 2. The van der Waals surface area contributed by atoms with Crippen molar-refractivity contribution in [2.24, 2.45) is 5.92 Å². The molecule has 0 aromatic rings. The zero-order chi connectivity index (χ0) is 9.94. The van der Waals surface area contributed by atoms with Crippen LogP contribution in [-0.2, 0) is 4.74 Å². The van der Waals surface area contributed by atoms with Gasteiger partial charge in [0.15, 0.2) is 0 Å². The van der Waals surface area contributed by atoms with E-state index in [4.69, 9.17) is 4.74 Å². The summed E-state index contributed by atoms with van der Waals surface area (Å²) in [6.07, 6.45) is 7.97. The fourth-order valence-corrected chi connectivity index (χ4v) is 1.42. The van der Waals surface area contributed by atoms with Gasteiger partial charge in [0.05, 0.1) is 0 Å². The third kappa shape index (κ3) is 9.88. The van der Waals surface area contributed by atoms with Crippen LogP contribution in [0.25, 0.3) is 0 Å². The summed E-state index contributed by atoms with van der Waals surface area (Å²) in [5.74, 6) is 0.900. The molecular formula is C12H26O. The monoisotopic (exact) mass is 186 g/mol. The van der Waals surface area contributed by atoms with E-state index >= 15 is 0 Å². The summed E-state index contributed by atoms with van der Waals surface area (Å²) in [5, 5.41) is 0. The second-order valence-electron chi connectivity index (χ2n) is 4.00. The number of hydrogen-bond donors (Lipinski definition) is 0. The van der Waals surface area contributed by atoms with Gasteiger partial charge >= 0.3 is 0 Å². The third-order valence-corrected chi connectivity index (χ3v) is 2.45. The predicted molar refractivity (Wildman–Crippen MR) is 59.0 cm³/mol. The average Bonchev–Trinajstić information content (AvgIpc) is 2.35. The molecule has 1 unspecified atom stereocenters. The molecule has 0 saturated carbocycles. The summed E-state index contributed by atoms with van der Waals surface area (Å²) in [7, 11) is 0. The summed E-state index contributed by atoms with van der Waals surface area (Å²) in [5.41, 5.74) is 0. The minimum Gasteiger partial charge on any atom is -0.381 e. The van der Waals surface area contributed by atoms with Crippen molar-refractivity contribution in [3.05, 3.63) is 0 Å². The molecule has 0 spiro atoms. The Bertz CT molecular complexity index is 81.1. The standard InChI is InChI=1S/C7H14O.C5H12/c1-7-3-2-5-8-6-4-7;1-3-5-4-2/h7H,2-6H2,1H3;3-5H2,1-2H3. The molecule has 1 rings (SSSR count). The van der Waals surface area contributed by atoms with Crippen LogP contribution in [0.4, 0.5) is 0 Å². The fraction of sp³-hybridized carbons (Fsp3) is 1.00. The van der Waals surface area contributed by atoms with Gasteiger partial charge in [-0.05, 0) is 25.2 Å². The second kappa shape index (κ2) is 10.0. The maximum atomic E-state index is 5.26. The Balaban J connectivity index is 0.000000252. The minimum absolute atomic E-state index is 0.900. The predicted octanol–water partition coefficient (Wildman–Crippen LogP) is 4.02. The first-order valence-corrected chi connectivity index (χ1v) is 5.89. The molecule has 80 valence electrons. The number of ether oxygens (including phenoxy) is 1. The third-order valence-electron chi connectivity index (χ3n) is 2.45. The van der Waals surface area contributed by atoms with Crippen molar-refractivity contribution in [2.45, 2.75) is 59.3 Å². The second-order valence-corrected chi connectivity index (χ2v) is 4.00. The zero-order valence-electron chi connectivity index (χ0n) is 9.64. The lowest BCUT2D eigenvalue weighted by Crippen LogP contribution is -1.93. The summed E-state index contributed by atoms with van der Waals surface area (Å²) < 4.78 is 5.26. The molecule has 1 saturated heterocycles. The maximum absolute atomic E-state index is 5.26. The van der Waals surface area contributed by atoms with Gasteiger partial charge in [0.1, 0.15) is 0 Å². The Hall–Kier alpha value is -0.0400. The van der Waals surface area contributed by atoms with Gasteiger partial charge in [-0.1, -0.05) is 40.0 Å². The fourth-order valence-electron chi connectivity index (χ4n) is 1.42. The Morgan fingerprint density at radius 1 is 1.08 bits per heavy atom. The van der Waals surface area contributed by atoms with Crippen molar-refractivity contribution in [2.75, 3.05) is 13.2 Å². The van der Waals surface area contributed by atoms with Crippen molar-refractivity contribution in [1.82, 2.24) is 0 Å². The van der Waals surface area contributed by atoms with Gasteiger partial charge in [-0.2, -0.15) is 0 Å². The van der Waals surface area contributed by atoms with Gasteiger partial charge in [-0.3, -0.25) is 0 Å². The van der Waals surface area contributed by atoms with E-state index in [-0.39, 0.29) is 0 Å². The van der Waals surface area contributed by atoms with Crippen molar-refractivity contribution >= 4 is 0 Å². The molecule has 1 fully saturated rings. The number of rotatable bonds is 2. The minimum atomic E-state index is 0.900. The van der Waals surface area contributed by atoms with Crippen LogP contribution in [0, 0.1) is 5.92 Å². The van der Waals surface area contributed by atoms with Gasteiger partial charge in [0.2, 0.25) is 0 Å². The molecule has 0 aromatic heterocycles. The summed E-state index contributed by atoms with van der Waals surface area (Å²) in [6, 6.07) is 0. The molecule has 1 heterocycles. The Morgan fingerprint density at radius 3 is 2.31 bits per heavy atom. The lowest BCUT2D eigenvalue weighted by atomic mass is 10.0. The van der Waals surface area contributed by atoms with E-state index in [0.29, 0.717) is 0 Å². The summed E-state index contributed by atoms with van der Waals surface area (Å²) in [6.45, 7) is 8.70. The first-order valence-electron chi connectivity index (χ1n) is 5.89.